The lowest BCUT2D eigenvalue weighted by Gasteiger charge is -2.35. The molecule has 13 rings (SSSR count). The molecule has 0 saturated heterocycles. The van der Waals surface area contributed by atoms with Gasteiger partial charge in [-0.1, -0.05) is 150 Å². The van der Waals surface area contributed by atoms with Gasteiger partial charge in [-0.25, -0.2) is 0 Å². The normalized spacial score (nSPS) is 13.2. The molecule has 2 nitrogen and oxygen atoms in total. The number of hydrogen-bond donors (Lipinski definition) is 0. The van der Waals surface area contributed by atoms with Crippen molar-refractivity contribution in [3.05, 3.63) is 184 Å². The highest BCUT2D eigenvalue weighted by atomic mass is 15.0. The number of hydrogen-bond acceptors (Lipinski definition) is 0. The van der Waals surface area contributed by atoms with Gasteiger partial charge in [-0.2, -0.15) is 0 Å². The first kappa shape index (κ1) is 42.0. The van der Waals surface area contributed by atoms with Crippen LogP contribution in [0, 0.1) is 41.5 Å². The Labute approximate surface area is 407 Å². The second-order valence-electron chi connectivity index (χ2n) is 23.0. The zero-order valence-corrected chi connectivity index (χ0v) is 42.3. The van der Waals surface area contributed by atoms with Gasteiger partial charge < -0.3 is 9.05 Å². The fraction of sp³-hybridized carbons (Fsp3) is 0.212. The summed E-state index contributed by atoms with van der Waals surface area (Å²) in [4.78, 5) is 0. The molecule has 4 heterocycles. The van der Waals surface area contributed by atoms with Gasteiger partial charge in [0.15, 0.2) is 0 Å². The monoisotopic (exact) mass is 890 g/mol. The highest BCUT2D eigenvalue weighted by Crippen LogP contribution is 2.49. The summed E-state index contributed by atoms with van der Waals surface area (Å²) < 4.78 is 5.48. The number of aryl methyl sites for hydroxylation is 6. The Morgan fingerprint density at radius 1 is 0.391 bits per heavy atom. The Hall–Kier alpha value is -7.10. The van der Waals surface area contributed by atoms with E-state index in [9.17, 15) is 0 Å². The third kappa shape index (κ3) is 5.92. The van der Waals surface area contributed by atoms with Gasteiger partial charge in [0.1, 0.15) is 0 Å². The largest absolute Gasteiger partial charge is 0.375 e. The molecular formula is C66H59BN2. The van der Waals surface area contributed by atoms with Crippen LogP contribution >= 0.6 is 0 Å². The predicted octanol–water partition coefficient (Wildman–Crippen LogP) is 16.4. The minimum Gasteiger partial charge on any atom is -0.375 e. The van der Waals surface area contributed by atoms with Crippen molar-refractivity contribution >= 4 is 72.2 Å². The van der Waals surface area contributed by atoms with Crippen LogP contribution in [0.5, 0.6) is 0 Å². The molecule has 0 unspecified atom stereocenters. The molecular weight excluding hydrogens is 832 g/mol. The van der Waals surface area contributed by atoms with Gasteiger partial charge in [0.25, 0.3) is 0 Å². The maximum absolute atomic E-state index is 2.77. The lowest BCUT2D eigenvalue weighted by molar-refractivity contribution is 0.590. The van der Waals surface area contributed by atoms with E-state index in [1.165, 1.54) is 160 Å². The first-order chi connectivity index (χ1) is 33.0. The third-order valence-electron chi connectivity index (χ3n) is 16.1. The van der Waals surface area contributed by atoms with E-state index in [4.69, 9.17) is 0 Å². The number of rotatable bonds is 3. The Balaban J connectivity index is 1.27. The highest BCUT2D eigenvalue weighted by molar-refractivity contribution is 6.90. The lowest BCUT2D eigenvalue weighted by atomic mass is 9.45. The fourth-order valence-corrected chi connectivity index (χ4v) is 13.0. The summed E-state index contributed by atoms with van der Waals surface area (Å²) in [5, 5.41) is 7.85. The Bertz CT molecular complexity index is 4040. The summed E-state index contributed by atoms with van der Waals surface area (Å²) in [7, 11) is 0. The maximum Gasteiger partial charge on any atom is 0.333 e. The van der Waals surface area contributed by atoms with Gasteiger partial charge in [0, 0.05) is 49.2 Å². The first-order valence-electron chi connectivity index (χ1n) is 25.0. The summed E-state index contributed by atoms with van der Waals surface area (Å²) in [5.41, 5.74) is 30.1. The van der Waals surface area contributed by atoms with E-state index in [1.54, 1.807) is 0 Å². The number of fused-ring (bicyclic) bond motifs is 12. The molecule has 2 aliphatic heterocycles. The van der Waals surface area contributed by atoms with Crippen LogP contribution in [0.15, 0.2) is 140 Å². The van der Waals surface area contributed by atoms with Gasteiger partial charge in [-0.3, -0.25) is 0 Å². The van der Waals surface area contributed by atoms with Crippen LogP contribution in [-0.2, 0) is 10.8 Å². The minimum atomic E-state index is -0.0724. The predicted molar refractivity (Wildman–Crippen MR) is 299 cm³/mol. The summed E-state index contributed by atoms with van der Waals surface area (Å²) in [6, 6.07) is 55.1. The van der Waals surface area contributed by atoms with Gasteiger partial charge in [0.05, 0.1) is 11.0 Å². The third-order valence-corrected chi connectivity index (χ3v) is 16.1. The van der Waals surface area contributed by atoms with E-state index in [0.29, 0.717) is 0 Å². The van der Waals surface area contributed by atoms with E-state index in [2.05, 4.69) is 232 Å². The molecule has 3 heteroatoms. The smallest absolute Gasteiger partial charge is 0.333 e. The average Bonchev–Trinajstić information content (AvgIpc) is 3.81. The second kappa shape index (κ2) is 14.2. The molecule has 336 valence electrons. The maximum atomic E-state index is 2.77. The van der Waals surface area contributed by atoms with Crippen molar-refractivity contribution in [3.8, 4) is 50.2 Å². The number of benzene rings is 9. The fourth-order valence-electron chi connectivity index (χ4n) is 13.0. The van der Waals surface area contributed by atoms with Crippen molar-refractivity contribution in [1.29, 1.82) is 0 Å². The average molecular weight is 891 g/mol. The van der Waals surface area contributed by atoms with Crippen molar-refractivity contribution in [2.24, 2.45) is 0 Å². The van der Waals surface area contributed by atoms with E-state index >= 15 is 0 Å². The van der Waals surface area contributed by atoms with Gasteiger partial charge in [0.2, 0.25) is 0 Å². The summed E-state index contributed by atoms with van der Waals surface area (Å²) in [5.74, 6) is 0. The number of aromatic nitrogens is 2. The van der Waals surface area contributed by atoms with Gasteiger partial charge in [-0.15, -0.1) is 0 Å². The summed E-state index contributed by atoms with van der Waals surface area (Å²) >= 11 is 0. The van der Waals surface area contributed by atoms with Crippen LogP contribution in [0.2, 0.25) is 0 Å². The highest BCUT2D eigenvalue weighted by Gasteiger charge is 2.43. The van der Waals surface area contributed by atoms with E-state index in [0.717, 1.165) is 0 Å². The zero-order chi connectivity index (χ0) is 47.7. The van der Waals surface area contributed by atoms with E-state index < -0.39 is 0 Å². The van der Waals surface area contributed by atoms with Crippen LogP contribution in [0.4, 0.5) is 0 Å². The molecule has 0 saturated carbocycles. The van der Waals surface area contributed by atoms with Crippen molar-refractivity contribution in [3.63, 3.8) is 0 Å². The quantitative estimate of drug-likeness (QED) is 0.156. The van der Waals surface area contributed by atoms with Crippen LogP contribution in [-0.4, -0.2) is 15.9 Å². The number of nitrogens with zero attached hydrogens (tertiary/aromatic N) is 2. The molecule has 2 aromatic heterocycles. The molecule has 2 aliphatic rings. The molecule has 9 aromatic carbocycles. The molecule has 0 aliphatic carbocycles. The van der Waals surface area contributed by atoms with E-state index in [1.807, 2.05) is 0 Å². The van der Waals surface area contributed by atoms with Gasteiger partial charge in [-0.05, 0) is 183 Å². The van der Waals surface area contributed by atoms with Crippen LogP contribution in [0.3, 0.4) is 0 Å². The Morgan fingerprint density at radius 3 is 1.67 bits per heavy atom. The zero-order valence-electron chi connectivity index (χ0n) is 42.3. The van der Waals surface area contributed by atoms with Crippen molar-refractivity contribution in [2.45, 2.75) is 93.9 Å². The Morgan fingerprint density at radius 2 is 0.986 bits per heavy atom. The summed E-state index contributed by atoms with van der Waals surface area (Å²) in [6.45, 7) is 27.7. The van der Waals surface area contributed by atoms with Crippen molar-refractivity contribution in [2.75, 3.05) is 0 Å². The molecule has 0 bridgehead atoms. The van der Waals surface area contributed by atoms with Crippen molar-refractivity contribution in [1.82, 2.24) is 9.05 Å². The molecule has 0 amide bonds. The lowest BCUT2D eigenvalue weighted by Crippen LogP contribution is -2.55. The van der Waals surface area contributed by atoms with Crippen LogP contribution in [0.25, 0.3) is 105 Å². The second-order valence-corrected chi connectivity index (χ2v) is 23.0. The van der Waals surface area contributed by atoms with Crippen LogP contribution in [0.1, 0.15) is 86.1 Å². The molecule has 0 spiro atoms. The van der Waals surface area contributed by atoms with E-state index in [-0.39, 0.29) is 17.7 Å². The molecule has 0 N–H and O–H groups in total. The molecule has 0 atom stereocenters. The molecule has 0 fully saturated rings. The van der Waals surface area contributed by atoms with Gasteiger partial charge >= 0.3 is 6.85 Å². The standard InChI is InChI=1S/C66H59BN2/c1-36-26-37(2)28-42(27-36)43-29-52-55-35-46(66(10,11)12)34-54-51-33-45(65(7,8)9)22-25-57(51)69(63(54)55)67-56-31-44(59-38(3)16-13-17-39(59)4)30-53-50-24-23-47-48(60-40(5)18-14-19-41(60)6)20-15-21-49(47)62(50)68(64(53)56)58(32-43)61(52)67/h13-35H,1-12H3. The minimum absolute atomic E-state index is 0.00244. The Kier molecular flexibility index (Phi) is 8.67. The SMILES string of the molecule is Cc1cc(C)cc(-c2cc3c4c(c2)-n2c5c(cc(-c6c(C)cccc6C)cc5c5ccc6c(-c7c(C)cccc7C)cccc6c52)B4n2c4ccc(C(C)(C)C)cc4c4cc(C(C)(C)C)cc-3c42)c1. The molecule has 11 aromatic rings. The first-order valence-corrected chi connectivity index (χ1v) is 25.0. The summed E-state index contributed by atoms with van der Waals surface area (Å²) in [6.07, 6.45) is 0. The molecule has 69 heavy (non-hydrogen) atoms. The van der Waals surface area contributed by atoms with Crippen LogP contribution < -0.4 is 10.9 Å². The molecule has 0 radical (unpaired) electrons. The topological polar surface area (TPSA) is 9.86 Å². The van der Waals surface area contributed by atoms with Crippen molar-refractivity contribution < 1.29 is 0 Å².